The van der Waals surface area contributed by atoms with Crippen LogP contribution in [0.25, 0.3) is 0 Å². The molecule has 152 valence electrons. The molecular weight excluding hydrogens is 409 g/mol. The summed E-state index contributed by atoms with van der Waals surface area (Å²) >= 11 is 5.88. The van der Waals surface area contributed by atoms with Crippen molar-refractivity contribution in [3.8, 4) is 0 Å². The van der Waals surface area contributed by atoms with Crippen LogP contribution in [0.3, 0.4) is 0 Å². The number of nitrogens with zero attached hydrogens (tertiary/aromatic N) is 1. The Hall–Kier alpha value is -3.53. The summed E-state index contributed by atoms with van der Waals surface area (Å²) in [5.74, 6) is -3.22. The van der Waals surface area contributed by atoms with Crippen molar-refractivity contribution in [3.63, 3.8) is 0 Å². The van der Waals surface area contributed by atoms with Crippen LogP contribution < -0.4 is 10.6 Å². The molecule has 0 aliphatic heterocycles. The molecule has 0 spiro atoms. The molecule has 0 aromatic heterocycles. The summed E-state index contributed by atoms with van der Waals surface area (Å²) in [6.07, 6.45) is -1.25. The van der Waals surface area contributed by atoms with Crippen molar-refractivity contribution in [2.24, 2.45) is 0 Å². The van der Waals surface area contributed by atoms with Crippen molar-refractivity contribution in [1.29, 1.82) is 0 Å². The predicted molar refractivity (Wildman–Crippen MR) is 101 cm³/mol. The van der Waals surface area contributed by atoms with E-state index in [1.165, 1.54) is 31.2 Å². The van der Waals surface area contributed by atoms with Crippen molar-refractivity contribution in [2.75, 3.05) is 11.9 Å². The van der Waals surface area contributed by atoms with Gasteiger partial charge in [0, 0.05) is 12.1 Å². The van der Waals surface area contributed by atoms with Gasteiger partial charge in [-0.25, -0.2) is 4.39 Å². The normalized spacial score (nSPS) is 11.3. The number of hydrogen-bond donors (Lipinski definition) is 2. The molecule has 0 aliphatic rings. The highest BCUT2D eigenvalue weighted by molar-refractivity contribution is 6.34. The summed E-state index contributed by atoms with van der Waals surface area (Å²) in [5, 5.41) is 15.2. The van der Waals surface area contributed by atoms with Gasteiger partial charge in [0.15, 0.2) is 6.10 Å². The van der Waals surface area contributed by atoms with Crippen molar-refractivity contribution in [1.82, 2.24) is 5.32 Å². The standard InChI is InChI=1S/C18H15ClFN3O6/c1-10(17(25)22-15-7-6-11(23(27)28)8-13(15)19)29-16(24)9-21-18(26)12-4-2-3-5-14(12)20/h2-8,10H,9H2,1H3,(H,21,26)(H,22,25)/t10-/m1/s1. The van der Waals surface area contributed by atoms with E-state index in [1.54, 1.807) is 0 Å². The van der Waals surface area contributed by atoms with Gasteiger partial charge in [0.05, 0.1) is 21.2 Å². The summed E-state index contributed by atoms with van der Waals surface area (Å²) in [6.45, 7) is 0.703. The van der Waals surface area contributed by atoms with Crippen LogP contribution in [0.15, 0.2) is 42.5 Å². The topological polar surface area (TPSA) is 128 Å². The molecule has 0 unspecified atom stereocenters. The third kappa shape index (κ3) is 5.98. The lowest BCUT2D eigenvalue weighted by Gasteiger charge is -2.14. The molecule has 29 heavy (non-hydrogen) atoms. The Morgan fingerprint density at radius 2 is 1.93 bits per heavy atom. The van der Waals surface area contributed by atoms with E-state index in [1.807, 2.05) is 0 Å². The third-order valence-electron chi connectivity index (χ3n) is 3.61. The van der Waals surface area contributed by atoms with Crippen LogP contribution in [-0.2, 0) is 14.3 Å². The minimum atomic E-state index is -1.25. The number of benzene rings is 2. The van der Waals surface area contributed by atoms with E-state index in [9.17, 15) is 28.9 Å². The van der Waals surface area contributed by atoms with Crippen molar-refractivity contribution in [3.05, 3.63) is 69.0 Å². The number of anilines is 1. The molecule has 0 heterocycles. The van der Waals surface area contributed by atoms with Gasteiger partial charge in [-0.15, -0.1) is 0 Å². The first-order chi connectivity index (χ1) is 13.7. The molecule has 2 N–H and O–H groups in total. The van der Waals surface area contributed by atoms with Crippen LogP contribution in [0.4, 0.5) is 15.8 Å². The molecule has 0 radical (unpaired) electrons. The van der Waals surface area contributed by atoms with E-state index in [0.717, 1.165) is 18.2 Å². The van der Waals surface area contributed by atoms with Crippen LogP contribution in [0.5, 0.6) is 0 Å². The minimum Gasteiger partial charge on any atom is -0.451 e. The highest BCUT2D eigenvalue weighted by Crippen LogP contribution is 2.26. The van der Waals surface area contributed by atoms with Gasteiger partial charge < -0.3 is 15.4 Å². The Labute approximate surface area is 168 Å². The van der Waals surface area contributed by atoms with Crippen LogP contribution in [-0.4, -0.2) is 35.4 Å². The number of carbonyl (C=O) groups excluding carboxylic acids is 3. The van der Waals surface area contributed by atoms with E-state index < -0.39 is 41.2 Å². The second kappa shape index (κ2) is 9.60. The molecule has 0 fully saturated rings. The van der Waals surface area contributed by atoms with Crippen molar-refractivity contribution in [2.45, 2.75) is 13.0 Å². The third-order valence-corrected chi connectivity index (χ3v) is 3.92. The zero-order valence-electron chi connectivity index (χ0n) is 15.0. The molecule has 0 bridgehead atoms. The van der Waals surface area contributed by atoms with Gasteiger partial charge in [-0.2, -0.15) is 0 Å². The Morgan fingerprint density at radius 1 is 1.24 bits per heavy atom. The Bertz CT molecular complexity index is 968. The second-order valence-corrected chi connectivity index (χ2v) is 6.11. The van der Waals surface area contributed by atoms with E-state index in [2.05, 4.69) is 10.6 Å². The number of hydrogen-bond acceptors (Lipinski definition) is 6. The van der Waals surface area contributed by atoms with Crippen LogP contribution in [0.1, 0.15) is 17.3 Å². The molecule has 2 amide bonds. The number of carbonyl (C=O) groups is 3. The number of esters is 1. The fourth-order valence-corrected chi connectivity index (χ4v) is 2.36. The van der Waals surface area contributed by atoms with Crippen molar-refractivity contribution < 1.29 is 28.4 Å². The maximum atomic E-state index is 13.5. The Morgan fingerprint density at radius 3 is 2.55 bits per heavy atom. The first kappa shape index (κ1) is 21.8. The molecular formula is C18H15ClFN3O6. The first-order valence-corrected chi connectivity index (χ1v) is 8.54. The van der Waals surface area contributed by atoms with Gasteiger partial charge >= 0.3 is 5.97 Å². The Kier molecular flexibility index (Phi) is 7.21. The monoisotopic (exact) mass is 423 g/mol. The number of nitrogens with one attached hydrogen (secondary N) is 2. The molecule has 0 saturated carbocycles. The Balaban J connectivity index is 1.87. The molecule has 2 rings (SSSR count). The lowest BCUT2D eigenvalue weighted by molar-refractivity contribution is -0.384. The smallest absolute Gasteiger partial charge is 0.326 e. The molecule has 1 atom stereocenters. The first-order valence-electron chi connectivity index (χ1n) is 8.16. The quantitative estimate of drug-likeness (QED) is 0.400. The number of non-ortho nitro benzene ring substituents is 1. The molecule has 2 aromatic rings. The number of halogens is 2. The van der Waals surface area contributed by atoms with Crippen LogP contribution in [0, 0.1) is 15.9 Å². The van der Waals surface area contributed by atoms with Gasteiger partial charge in [0.1, 0.15) is 12.4 Å². The lowest BCUT2D eigenvalue weighted by atomic mass is 10.2. The maximum Gasteiger partial charge on any atom is 0.326 e. The molecule has 2 aromatic carbocycles. The average Bonchev–Trinajstić information content (AvgIpc) is 2.67. The van der Waals surface area contributed by atoms with E-state index in [0.29, 0.717) is 0 Å². The second-order valence-electron chi connectivity index (χ2n) is 5.71. The highest BCUT2D eigenvalue weighted by Gasteiger charge is 2.20. The summed E-state index contributed by atoms with van der Waals surface area (Å²) in [6, 6.07) is 8.68. The fraction of sp³-hybridized carbons (Fsp3) is 0.167. The van der Waals surface area contributed by atoms with E-state index >= 15 is 0 Å². The summed E-state index contributed by atoms with van der Waals surface area (Å²) < 4.78 is 18.4. The van der Waals surface area contributed by atoms with Crippen molar-refractivity contribution >= 4 is 40.8 Å². The van der Waals surface area contributed by atoms with Gasteiger partial charge in [0.2, 0.25) is 0 Å². The van der Waals surface area contributed by atoms with E-state index in [4.69, 9.17) is 16.3 Å². The fourth-order valence-electron chi connectivity index (χ4n) is 2.14. The number of nitro groups is 1. The minimum absolute atomic E-state index is 0.0665. The molecule has 11 heteroatoms. The van der Waals surface area contributed by atoms with Gasteiger partial charge in [-0.05, 0) is 25.1 Å². The maximum absolute atomic E-state index is 13.5. The van der Waals surface area contributed by atoms with Crippen LogP contribution in [0.2, 0.25) is 5.02 Å². The predicted octanol–water partition coefficient (Wildman–Crippen LogP) is 2.69. The van der Waals surface area contributed by atoms with E-state index in [-0.39, 0.29) is 22.0 Å². The SMILES string of the molecule is C[C@@H](OC(=O)CNC(=O)c1ccccc1F)C(=O)Nc1ccc([N+](=O)[O-])cc1Cl. The number of amides is 2. The van der Waals surface area contributed by atoms with Gasteiger partial charge in [-0.1, -0.05) is 23.7 Å². The zero-order chi connectivity index (χ0) is 21.6. The number of rotatable bonds is 7. The lowest BCUT2D eigenvalue weighted by Crippen LogP contribution is -2.36. The average molecular weight is 424 g/mol. The molecule has 0 saturated heterocycles. The summed E-state index contributed by atoms with van der Waals surface area (Å²) in [5.41, 5.74) is -0.394. The highest BCUT2D eigenvalue weighted by atomic mass is 35.5. The zero-order valence-corrected chi connectivity index (χ0v) is 15.7. The van der Waals surface area contributed by atoms with Gasteiger partial charge in [-0.3, -0.25) is 24.5 Å². The molecule has 9 nitrogen and oxygen atoms in total. The largest absolute Gasteiger partial charge is 0.451 e. The number of ether oxygens (including phenoxy) is 1. The van der Waals surface area contributed by atoms with Gasteiger partial charge in [0.25, 0.3) is 17.5 Å². The number of nitro benzene ring substituents is 1. The summed E-state index contributed by atoms with van der Waals surface area (Å²) in [4.78, 5) is 45.8. The summed E-state index contributed by atoms with van der Waals surface area (Å²) in [7, 11) is 0. The van der Waals surface area contributed by atoms with Crippen LogP contribution >= 0.6 is 11.6 Å². The molecule has 0 aliphatic carbocycles.